The molecule has 0 radical (unpaired) electrons. The molecule has 21 heavy (non-hydrogen) atoms. The zero-order chi connectivity index (χ0) is 16.4. The zero-order valence-corrected chi connectivity index (χ0v) is 16.5. The Labute approximate surface area is 137 Å². The molecule has 0 aromatic carbocycles. The number of hydrogen-bond acceptors (Lipinski definition) is 1. The Balaban J connectivity index is 2.98. The molecule has 0 aromatic rings. The number of hydrogen-bond donors (Lipinski definition) is 0. The van der Waals surface area contributed by atoms with Crippen LogP contribution in [0.3, 0.4) is 0 Å². The molecule has 1 nitrogen and oxygen atoms in total. The quantitative estimate of drug-likeness (QED) is 0.461. The molecule has 0 atom stereocenters. The number of halogens is 3. The van der Waals surface area contributed by atoms with Gasteiger partial charge in [0.25, 0.3) is 0 Å². The van der Waals surface area contributed by atoms with Gasteiger partial charge in [0.1, 0.15) is 5.83 Å². The van der Waals surface area contributed by atoms with Crippen LogP contribution in [0.4, 0.5) is 8.78 Å². The summed E-state index contributed by atoms with van der Waals surface area (Å²) >= 11 is 3.18. The van der Waals surface area contributed by atoms with Crippen molar-refractivity contribution in [2.75, 3.05) is 6.61 Å². The lowest BCUT2D eigenvalue weighted by Crippen LogP contribution is -2.48. The fraction of sp³-hybridized carbons (Fsp3) is 0.750. The first kappa shape index (κ1) is 19.0. The first-order chi connectivity index (χ1) is 9.64. The summed E-state index contributed by atoms with van der Waals surface area (Å²) in [5, 5.41) is 0. The second-order valence-corrected chi connectivity index (χ2v) is 13.0. The molecule has 0 amide bonds. The molecule has 1 rings (SSSR count). The van der Waals surface area contributed by atoms with Crippen LogP contribution in [0.2, 0.25) is 16.6 Å². The second kappa shape index (κ2) is 7.51. The molecular formula is C16H27BrF2OSi. The molecule has 0 saturated heterocycles. The Bertz CT molecular complexity index is 420. The van der Waals surface area contributed by atoms with Crippen LogP contribution in [0, 0.1) is 0 Å². The third-order valence-electron chi connectivity index (χ3n) is 4.59. The van der Waals surface area contributed by atoms with Gasteiger partial charge in [-0.25, -0.2) is 8.78 Å². The monoisotopic (exact) mass is 380 g/mol. The van der Waals surface area contributed by atoms with Crippen molar-refractivity contribution in [2.24, 2.45) is 0 Å². The van der Waals surface area contributed by atoms with E-state index < -0.39 is 20.0 Å². The lowest BCUT2D eigenvalue weighted by Gasteiger charge is -2.42. The van der Waals surface area contributed by atoms with E-state index in [4.69, 9.17) is 4.43 Å². The van der Waals surface area contributed by atoms with E-state index in [0.29, 0.717) is 29.7 Å². The Morgan fingerprint density at radius 2 is 1.48 bits per heavy atom. The topological polar surface area (TPSA) is 9.23 Å². The van der Waals surface area contributed by atoms with Gasteiger partial charge in [-0.15, -0.1) is 0 Å². The summed E-state index contributed by atoms with van der Waals surface area (Å²) in [6.45, 7) is 13.7. The van der Waals surface area contributed by atoms with Crippen LogP contribution in [0.5, 0.6) is 0 Å². The first-order valence-corrected chi connectivity index (χ1v) is 10.6. The van der Waals surface area contributed by atoms with E-state index in [9.17, 15) is 8.78 Å². The number of allylic oxidation sites excluding steroid dienone is 3. The minimum absolute atomic E-state index is 0.138. The van der Waals surface area contributed by atoms with Gasteiger partial charge in [-0.3, -0.25) is 0 Å². The number of rotatable bonds is 6. The minimum atomic E-state index is -1.97. The molecule has 0 unspecified atom stereocenters. The molecule has 1 aliphatic carbocycles. The van der Waals surface area contributed by atoms with Crippen LogP contribution >= 0.6 is 15.9 Å². The molecular weight excluding hydrogens is 354 g/mol. The van der Waals surface area contributed by atoms with Crippen molar-refractivity contribution in [1.82, 2.24) is 0 Å². The van der Waals surface area contributed by atoms with Gasteiger partial charge in [0, 0.05) is 6.42 Å². The molecule has 0 fully saturated rings. The van der Waals surface area contributed by atoms with Gasteiger partial charge in [0.2, 0.25) is 8.32 Å². The SMILES string of the molecule is CC(C)[Si](OCC1=C(Br)C(F)=C(F)CC1)(C(C)C)C(C)C. The smallest absolute Gasteiger partial charge is 0.200 e. The van der Waals surface area contributed by atoms with E-state index in [-0.39, 0.29) is 10.9 Å². The summed E-state index contributed by atoms with van der Waals surface area (Å²) in [6, 6.07) is 0. The minimum Gasteiger partial charge on any atom is -0.412 e. The average molecular weight is 381 g/mol. The van der Waals surface area contributed by atoms with Crippen molar-refractivity contribution in [3.8, 4) is 0 Å². The summed E-state index contributed by atoms with van der Waals surface area (Å²) < 4.78 is 33.6. The zero-order valence-electron chi connectivity index (χ0n) is 13.9. The maximum atomic E-state index is 13.7. The average Bonchev–Trinajstić information content (AvgIpc) is 2.37. The predicted octanol–water partition coefficient (Wildman–Crippen LogP) is 6.77. The van der Waals surface area contributed by atoms with Crippen molar-refractivity contribution in [2.45, 2.75) is 71.0 Å². The fourth-order valence-corrected chi connectivity index (χ4v) is 9.55. The Hall–Kier alpha value is -0.00312. The van der Waals surface area contributed by atoms with E-state index >= 15 is 0 Å². The normalized spacial score (nSPS) is 17.7. The van der Waals surface area contributed by atoms with E-state index in [2.05, 4.69) is 57.5 Å². The van der Waals surface area contributed by atoms with Crippen LogP contribution in [0.1, 0.15) is 54.4 Å². The van der Waals surface area contributed by atoms with Crippen molar-refractivity contribution >= 4 is 24.2 Å². The molecule has 0 spiro atoms. The van der Waals surface area contributed by atoms with Gasteiger partial charge in [0.05, 0.1) is 11.1 Å². The molecule has 1 aliphatic rings. The van der Waals surface area contributed by atoms with Crippen molar-refractivity contribution in [1.29, 1.82) is 0 Å². The Morgan fingerprint density at radius 3 is 1.90 bits per heavy atom. The molecule has 5 heteroatoms. The van der Waals surface area contributed by atoms with E-state index in [1.807, 2.05) is 0 Å². The van der Waals surface area contributed by atoms with Gasteiger partial charge in [0.15, 0.2) is 5.83 Å². The van der Waals surface area contributed by atoms with Crippen LogP contribution in [-0.4, -0.2) is 14.9 Å². The molecule has 0 heterocycles. The van der Waals surface area contributed by atoms with Crippen molar-refractivity contribution in [3.63, 3.8) is 0 Å². The third kappa shape index (κ3) is 3.85. The third-order valence-corrected chi connectivity index (χ3v) is 11.6. The van der Waals surface area contributed by atoms with Gasteiger partial charge in [-0.1, -0.05) is 41.5 Å². The Morgan fingerprint density at radius 1 is 1.00 bits per heavy atom. The summed E-state index contributed by atoms with van der Waals surface area (Å²) in [6.07, 6.45) is 0.665. The second-order valence-electron chi connectivity index (χ2n) is 6.74. The summed E-state index contributed by atoms with van der Waals surface area (Å²) in [7, 11) is -1.97. The van der Waals surface area contributed by atoms with Gasteiger partial charge < -0.3 is 4.43 Å². The van der Waals surface area contributed by atoms with Crippen LogP contribution < -0.4 is 0 Å². The predicted molar refractivity (Wildman–Crippen MR) is 91.4 cm³/mol. The van der Waals surface area contributed by atoms with Gasteiger partial charge >= 0.3 is 0 Å². The Kier molecular flexibility index (Phi) is 6.81. The highest BCUT2D eigenvalue weighted by molar-refractivity contribution is 9.12. The standard InChI is InChI=1S/C16H27BrF2OSi/c1-10(2)21(11(3)4,12(5)6)20-9-13-7-8-14(18)16(19)15(13)17/h10-12H,7-9H2,1-6H3. The highest BCUT2D eigenvalue weighted by atomic mass is 79.9. The van der Waals surface area contributed by atoms with Gasteiger partial charge in [-0.05, 0) is 44.5 Å². The van der Waals surface area contributed by atoms with Crippen LogP contribution in [-0.2, 0) is 4.43 Å². The molecule has 122 valence electrons. The molecule has 0 aliphatic heterocycles. The van der Waals surface area contributed by atoms with E-state index in [1.54, 1.807) is 0 Å². The molecule has 0 bridgehead atoms. The summed E-state index contributed by atoms with van der Waals surface area (Å²) in [5.74, 6) is -1.42. The highest BCUT2D eigenvalue weighted by Gasteiger charge is 2.45. The lowest BCUT2D eigenvalue weighted by molar-refractivity contribution is 0.301. The van der Waals surface area contributed by atoms with Crippen LogP contribution in [0.25, 0.3) is 0 Å². The summed E-state index contributed by atoms with van der Waals surface area (Å²) in [5.41, 5.74) is 2.29. The molecule has 0 N–H and O–H groups in total. The largest absolute Gasteiger partial charge is 0.412 e. The van der Waals surface area contributed by atoms with E-state index in [0.717, 1.165) is 5.57 Å². The molecule has 0 saturated carbocycles. The van der Waals surface area contributed by atoms with E-state index in [1.165, 1.54) is 0 Å². The highest BCUT2D eigenvalue weighted by Crippen LogP contribution is 2.43. The lowest BCUT2D eigenvalue weighted by atomic mass is 10.0. The fourth-order valence-electron chi connectivity index (χ4n) is 3.60. The first-order valence-electron chi connectivity index (χ1n) is 7.70. The summed E-state index contributed by atoms with van der Waals surface area (Å²) in [4.78, 5) is 0. The molecule has 0 aromatic heterocycles. The maximum Gasteiger partial charge on any atom is 0.200 e. The maximum absolute atomic E-state index is 13.7. The van der Waals surface area contributed by atoms with Crippen molar-refractivity contribution in [3.05, 3.63) is 21.7 Å². The van der Waals surface area contributed by atoms with Gasteiger partial charge in [-0.2, -0.15) is 0 Å². The van der Waals surface area contributed by atoms with Crippen LogP contribution in [0.15, 0.2) is 21.7 Å². The van der Waals surface area contributed by atoms with Crippen molar-refractivity contribution < 1.29 is 13.2 Å².